The van der Waals surface area contributed by atoms with Crippen molar-refractivity contribution in [3.8, 4) is 0 Å². The average Bonchev–Trinajstić information content (AvgIpc) is 2.49. The third-order valence-corrected chi connectivity index (χ3v) is 3.08. The number of carbonyl (C=O) groups is 2. The molecule has 0 aromatic carbocycles. The van der Waals surface area contributed by atoms with Gasteiger partial charge in [0.2, 0.25) is 5.91 Å². The van der Waals surface area contributed by atoms with Crippen molar-refractivity contribution >= 4 is 23.4 Å². The zero-order valence-electron chi connectivity index (χ0n) is 10.8. The molecule has 2 N–H and O–H groups in total. The first-order valence-electron chi connectivity index (χ1n) is 5.91. The topological polar surface area (TPSA) is 85.8 Å². The lowest BCUT2D eigenvalue weighted by molar-refractivity contribution is -0.136. The highest BCUT2D eigenvalue weighted by molar-refractivity contribution is 6.04. The second kappa shape index (κ2) is 5.23. The maximum atomic E-state index is 12.4. The third kappa shape index (κ3) is 2.50. The largest absolute Gasteiger partial charge is 0.480 e. The zero-order chi connectivity index (χ0) is 14.0. The smallest absolute Gasteiger partial charge is 0.323 e. The molecule has 1 aromatic rings. The first-order chi connectivity index (χ1) is 9.04. The molecular weight excluding hydrogens is 248 g/mol. The summed E-state index contributed by atoms with van der Waals surface area (Å²) in [6, 6.07) is 2.94. The van der Waals surface area contributed by atoms with Crippen molar-refractivity contribution in [2.45, 2.75) is 6.04 Å². The van der Waals surface area contributed by atoms with Crippen molar-refractivity contribution in [1.82, 2.24) is 10.3 Å². The molecule has 1 amide bonds. The Hall–Kier alpha value is -2.15. The van der Waals surface area contributed by atoms with E-state index >= 15 is 0 Å². The van der Waals surface area contributed by atoms with Crippen molar-refractivity contribution in [3.63, 3.8) is 0 Å². The molecule has 0 fully saturated rings. The molecule has 102 valence electrons. The molecule has 1 aliphatic heterocycles. The number of carbonyl (C=O) groups excluding carboxylic acids is 1. The monoisotopic (exact) mass is 264 g/mol. The molecule has 2 heterocycles. The average molecular weight is 264 g/mol. The molecule has 0 saturated heterocycles. The van der Waals surface area contributed by atoms with Crippen LogP contribution < -0.4 is 15.1 Å². The number of pyridine rings is 1. The van der Waals surface area contributed by atoms with Gasteiger partial charge in [-0.25, -0.2) is 4.98 Å². The van der Waals surface area contributed by atoms with Crippen LogP contribution in [0.1, 0.15) is 0 Å². The molecule has 1 aromatic heterocycles. The summed E-state index contributed by atoms with van der Waals surface area (Å²) in [5.41, 5.74) is 0.523. The van der Waals surface area contributed by atoms with Gasteiger partial charge in [0.25, 0.3) is 0 Å². The number of likely N-dealkylation sites (N-methyl/N-ethyl adjacent to an activating group) is 2. The highest BCUT2D eigenvalue weighted by Gasteiger charge is 2.33. The Kier molecular flexibility index (Phi) is 3.66. The van der Waals surface area contributed by atoms with Crippen LogP contribution in [0.15, 0.2) is 18.3 Å². The lowest BCUT2D eigenvalue weighted by Crippen LogP contribution is -2.49. The Balaban J connectivity index is 2.49. The van der Waals surface area contributed by atoms with E-state index in [1.54, 1.807) is 25.4 Å². The third-order valence-electron chi connectivity index (χ3n) is 3.08. The molecule has 0 aliphatic carbocycles. The number of carboxylic acid groups (broad SMARTS) is 1. The Bertz CT molecular complexity index is 506. The van der Waals surface area contributed by atoms with Gasteiger partial charge in [-0.15, -0.1) is 0 Å². The highest BCUT2D eigenvalue weighted by atomic mass is 16.4. The predicted octanol–water partition coefficient (Wildman–Crippen LogP) is -0.463. The SMILES string of the molecule is CNC1CN(C)c2ncccc2N(CC(=O)O)C1=O. The zero-order valence-corrected chi connectivity index (χ0v) is 10.8. The molecule has 0 saturated carbocycles. The molecule has 0 bridgehead atoms. The second-order valence-corrected chi connectivity index (χ2v) is 4.39. The van der Waals surface area contributed by atoms with E-state index in [1.165, 1.54) is 4.90 Å². The van der Waals surface area contributed by atoms with Gasteiger partial charge >= 0.3 is 5.97 Å². The normalized spacial score (nSPS) is 19.1. The lowest BCUT2D eigenvalue weighted by atomic mass is 10.2. The fourth-order valence-corrected chi connectivity index (χ4v) is 2.15. The van der Waals surface area contributed by atoms with Crippen LogP contribution in [0.25, 0.3) is 0 Å². The van der Waals surface area contributed by atoms with E-state index < -0.39 is 12.0 Å². The molecule has 1 unspecified atom stereocenters. The van der Waals surface area contributed by atoms with Gasteiger partial charge in [-0.05, 0) is 19.2 Å². The Morgan fingerprint density at radius 2 is 2.37 bits per heavy atom. The van der Waals surface area contributed by atoms with E-state index in [1.807, 2.05) is 11.9 Å². The summed E-state index contributed by atoms with van der Waals surface area (Å²) in [6.07, 6.45) is 1.62. The quantitative estimate of drug-likeness (QED) is 0.768. The van der Waals surface area contributed by atoms with E-state index in [2.05, 4.69) is 10.3 Å². The fraction of sp³-hybridized carbons (Fsp3) is 0.417. The van der Waals surface area contributed by atoms with E-state index in [0.29, 0.717) is 18.1 Å². The van der Waals surface area contributed by atoms with E-state index in [4.69, 9.17) is 5.11 Å². The molecule has 2 rings (SSSR count). The van der Waals surface area contributed by atoms with Crippen LogP contribution in [0.4, 0.5) is 11.5 Å². The molecular formula is C12H16N4O3. The van der Waals surface area contributed by atoms with E-state index in [-0.39, 0.29) is 12.5 Å². The van der Waals surface area contributed by atoms with Crippen molar-refractivity contribution in [2.75, 3.05) is 37.0 Å². The van der Waals surface area contributed by atoms with Gasteiger partial charge in [0.1, 0.15) is 12.6 Å². The highest BCUT2D eigenvalue weighted by Crippen LogP contribution is 2.29. The number of hydrogen-bond acceptors (Lipinski definition) is 5. The Labute approximate surface area is 110 Å². The summed E-state index contributed by atoms with van der Waals surface area (Å²) >= 11 is 0. The number of anilines is 2. The number of amides is 1. The van der Waals surface area contributed by atoms with Crippen LogP contribution in [-0.4, -0.2) is 55.2 Å². The van der Waals surface area contributed by atoms with E-state index in [0.717, 1.165) is 0 Å². The summed E-state index contributed by atoms with van der Waals surface area (Å²) < 4.78 is 0. The minimum absolute atomic E-state index is 0.261. The van der Waals surface area contributed by atoms with Gasteiger partial charge in [-0.2, -0.15) is 0 Å². The Morgan fingerprint density at radius 3 is 3.00 bits per heavy atom. The summed E-state index contributed by atoms with van der Waals surface area (Å²) in [5.74, 6) is -0.707. The maximum Gasteiger partial charge on any atom is 0.323 e. The van der Waals surface area contributed by atoms with Crippen molar-refractivity contribution in [3.05, 3.63) is 18.3 Å². The minimum Gasteiger partial charge on any atom is -0.480 e. The molecule has 19 heavy (non-hydrogen) atoms. The molecule has 7 nitrogen and oxygen atoms in total. The number of nitrogens with zero attached hydrogens (tertiary/aromatic N) is 3. The van der Waals surface area contributed by atoms with E-state index in [9.17, 15) is 9.59 Å². The summed E-state index contributed by atoms with van der Waals surface area (Å²) in [4.78, 5) is 30.7. The van der Waals surface area contributed by atoms with Gasteiger partial charge in [0.15, 0.2) is 5.82 Å². The van der Waals surface area contributed by atoms with Crippen LogP contribution in [-0.2, 0) is 9.59 Å². The summed E-state index contributed by atoms with van der Waals surface area (Å²) in [5, 5.41) is 11.9. The fourth-order valence-electron chi connectivity index (χ4n) is 2.15. The van der Waals surface area contributed by atoms with Gasteiger partial charge in [-0.1, -0.05) is 0 Å². The number of fused-ring (bicyclic) bond motifs is 1. The number of aliphatic carboxylic acids is 1. The van der Waals surface area contributed by atoms with Crippen molar-refractivity contribution < 1.29 is 14.7 Å². The predicted molar refractivity (Wildman–Crippen MR) is 70.3 cm³/mol. The van der Waals surface area contributed by atoms with Crippen LogP contribution in [0.3, 0.4) is 0 Å². The lowest BCUT2D eigenvalue weighted by Gasteiger charge is -2.22. The summed E-state index contributed by atoms with van der Waals surface area (Å²) in [6.45, 7) is 0.0685. The van der Waals surface area contributed by atoms with Crippen molar-refractivity contribution in [1.29, 1.82) is 0 Å². The van der Waals surface area contributed by atoms with Gasteiger partial charge in [-0.3, -0.25) is 14.5 Å². The number of aromatic nitrogens is 1. The number of hydrogen-bond donors (Lipinski definition) is 2. The van der Waals surface area contributed by atoms with Gasteiger partial charge in [0, 0.05) is 19.8 Å². The standard InChI is InChI=1S/C12H16N4O3/c1-13-8-6-15(2)11-9(4-3-5-14-11)16(12(8)19)7-10(17)18/h3-5,8,13H,6-7H2,1-2H3,(H,17,18). The maximum absolute atomic E-state index is 12.4. The molecule has 1 aliphatic rings. The van der Waals surface area contributed by atoms with Gasteiger partial charge in [0.05, 0.1) is 5.69 Å². The minimum atomic E-state index is -1.05. The van der Waals surface area contributed by atoms with Crippen LogP contribution in [0.2, 0.25) is 0 Å². The summed E-state index contributed by atoms with van der Waals surface area (Å²) in [7, 11) is 3.51. The second-order valence-electron chi connectivity index (χ2n) is 4.39. The van der Waals surface area contributed by atoms with Crippen LogP contribution >= 0.6 is 0 Å². The van der Waals surface area contributed by atoms with Crippen LogP contribution in [0.5, 0.6) is 0 Å². The number of carboxylic acids is 1. The first-order valence-corrected chi connectivity index (χ1v) is 5.91. The Morgan fingerprint density at radius 1 is 1.63 bits per heavy atom. The molecule has 7 heteroatoms. The molecule has 0 radical (unpaired) electrons. The molecule has 0 spiro atoms. The number of nitrogens with one attached hydrogen (secondary N) is 1. The van der Waals surface area contributed by atoms with Crippen LogP contribution in [0, 0.1) is 0 Å². The first kappa shape index (κ1) is 13.3. The van der Waals surface area contributed by atoms with Gasteiger partial charge < -0.3 is 15.3 Å². The van der Waals surface area contributed by atoms with Crippen molar-refractivity contribution in [2.24, 2.45) is 0 Å². The number of rotatable bonds is 3. The molecule has 1 atom stereocenters.